The van der Waals surface area contributed by atoms with E-state index in [-0.39, 0.29) is 0 Å². The van der Waals surface area contributed by atoms with Crippen molar-refractivity contribution in [2.24, 2.45) is 0 Å². The molecule has 20 heavy (non-hydrogen) atoms. The fraction of sp³-hybridized carbons (Fsp3) is 0.133. The lowest BCUT2D eigenvalue weighted by Gasteiger charge is -2.09. The van der Waals surface area contributed by atoms with E-state index < -0.39 is 0 Å². The first kappa shape index (κ1) is 13.0. The highest BCUT2D eigenvalue weighted by molar-refractivity contribution is 9.10. The highest BCUT2D eigenvalue weighted by Gasteiger charge is 2.13. The van der Waals surface area contributed by atoms with E-state index in [0.29, 0.717) is 5.95 Å². The van der Waals surface area contributed by atoms with Gasteiger partial charge < -0.3 is 10.5 Å². The van der Waals surface area contributed by atoms with Crippen LogP contribution in [-0.2, 0) is 0 Å². The Balaban J connectivity index is 2.30. The highest BCUT2D eigenvalue weighted by Crippen LogP contribution is 2.30. The summed E-state index contributed by atoms with van der Waals surface area (Å²) in [7, 11) is 1.63. The predicted octanol–water partition coefficient (Wildman–Crippen LogP) is 3.69. The second kappa shape index (κ2) is 4.83. The molecule has 0 atom stereocenters. The van der Waals surface area contributed by atoms with E-state index in [9.17, 15) is 0 Å². The molecule has 3 aromatic rings. The van der Waals surface area contributed by atoms with Crippen molar-refractivity contribution in [2.45, 2.75) is 6.92 Å². The van der Waals surface area contributed by atoms with Crippen LogP contribution in [0.5, 0.6) is 5.75 Å². The number of aryl methyl sites for hydroxylation is 1. The van der Waals surface area contributed by atoms with E-state index in [1.54, 1.807) is 7.11 Å². The topological polar surface area (TPSA) is 53.1 Å². The molecule has 4 nitrogen and oxygen atoms in total. The second-order valence-corrected chi connectivity index (χ2v) is 5.42. The number of ether oxygens (including phenoxy) is 1. The van der Waals surface area contributed by atoms with Gasteiger partial charge in [-0.15, -0.1) is 0 Å². The zero-order valence-corrected chi connectivity index (χ0v) is 12.8. The van der Waals surface area contributed by atoms with E-state index in [4.69, 9.17) is 10.5 Å². The summed E-state index contributed by atoms with van der Waals surface area (Å²) < 4.78 is 8.33. The zero-order chi connectivity index (χ0) is 14.3. The zero-order valence-electron chi connectivity index (χ0n) is 11.2. The molecule has 0 radical (unpaired) electrons. The van der Waals surface area contributed by atoms with Crippen LogP contribution in [0.2, 0.25) is 0 Å². The van der Waals surface area contributed by atoms with E-state index >= 15 is 0 Å². The molecule has 5 heteroatoms. The molecule has 102 valence electrons. The maximum Gasteiger partial charge on any atom is 0.206 e. The SMILES string of the molecule is COc1cccc2c1nc(N)n2-c1ccc(Br)c(C)c1. The Labute approximate surface area is 125 Å². The van der Waals surface area contributed by atoms with Crippen LogP contribution in [0.25, 0.3) is 16.7 Å². The summed E-state index contributed by atoms with van der Waals surface area (Å²) in [5.41, 5.74) is 9.92. The Kier molecular flexibility index (Phi) is 3.14. The minimum absolute atomic E-state index is 0.450. The molecule has 0 aliphatic heterocycles. The van der Waals surface area contributed by atoms with Gasteiger partial charge in [-0.3, -0.25) is 4.57 Å². The molecule has 0 saturated heterocycles. The fourth-order valence-electron chi connectivity index (χ4n) is 2.30. The number of halogens is 1. The fourth-order valence-corrected chi connectivity index (χ4v) is 2.54. The van der Waals surface area contributed by atoms with E-state index in [1.807, 2.05) is 41.8 Å². The van der Waals surface area contributed by atoms with Crippen LogP contribution in [0.15, 0.2) is 40.9 Å². The summed E-state index contributed by atoms with van der Waals surface area (Å²) in [6.07, 6.45) is 0. The second-order valence-electron chi connectivity index (χ2n) is 4.57. The van der Waals surface area contributed by atoms with Crippen LogP contribution in [-0.4, -0.2) is 16.7 Å². The van der Waals surface area contributed by atoms with Gasteiger partial charge in [-0.2, -0.15) is 0 Å². The summed E-state index contributed by atoms with van der Waals surface area (Å²) in [5.74, 6) is 1.17. The van der Waals surface area contributed by atoms with Crippen molar-refractivity contribution in [3.05, 3.63) is 46.4 Å². The summed E-state index contributed by atoms with van der Waals surface area (Å²) >= 11 is 3.51. The van der Waals surface area contributed by atoms with Crippen molar-refractivity contribution in [3.8, 4) is 11.4 Å². The first-order valence-electron chi connectivity index (χ1n) is 6.19. The molecule has 0 aliphatic rings. The number of aromatic nitrogens is 2. The van der Waals surface area contributed by atoms with Gasteiger partial charge in [0.25, 0.3) is 0 Å². The average Bonchev–Trinajstić information content (AvgIpc) is 2.78. The average molecular weight is 332 g/mol. The van der Waals surface area contributed by atoms with Crippen molar-refractivity contribution in [2.75, 3.05) is 12.8 Å². The van der Waals surface area contributed by atoms with Crippen LogP contribution in [0, 0.1) is 6.92 Å². The summed E-state index contributed by atoms with van der Waals surface area (Å²) in [6, 6.07) is 11.9. The molecule has 0 saturated carbocycles. The lowest BCUT2D eigenvalue weighted by Crippen LogP contribution is -2.00. The van der Waals surface area contributed by atoms with Crippen LogP contribution in [0.4, 0.5) is 5.95 Å². The monoisotopic (exact) mass is 331 g/mol. The van der Waals surface area contributed by atoms with E-state index in [2.05, 4.69) is 27.0 Å². The van der Waals surface area contributed by atoms with Gasteiger partial charge >= 0.3 is 0 Å². The molecule has 0 spiro atoms. The van der Waals surface area contributed by atoms with E-state index in [0.717, 1.165) is 32.5 Å². The summed E-state index contributed by atoms with van der Waals surface area (Å²) in [4.78, 5) is 4.42. The largest absolute Gasteiger partial charge is 0.494 e. The molecule has 2 aromatic carbocycles. The Morgan fingerprint density at radius 2 is 2.05 bits per heavy atom. The number of hydrogen-bond donors (Lipinski definition) is 1. The standard InChI is InChI=1S/C15H14BrN3O/c1-9-8-10(6-7-11(9)16)19-12-4-3-5-13(20-2)14(12)18-15(19)17/h3-8H,1-2H3,(H2,17,18). The molecule has 1 heterocycles. The van der Waals surface area contributed by atoms with Gasteiger partial charge in [0.2, 0.25) is 5.95 Å². The smallest absolute Gasteiger partial charge is 0.206 e. The number of benzene rings is 2. The number of anilines is 1. The lowest BCUT2D eigenvalue weighted by molar-refractivity contribution is 0.419. The van der Waals surface area contributed by atoms with Crippen molar-refractivity contribution < 1.29 is 4.74 Å². The normalized spacial score (nSPS) is 10.9. The van der Waals surface area contributed by atoms with Gasteiger partial charge in [-0.1, -0.05) is 22.0 Å². The molecule has 3 rings (SSSR count). The minimum atomic E-state index is 0.450. The predicted molar refractivity (Wildman–Crippen MR) is 84.5 cm³/mol. The van der Waals surface area contributed by atoms with Gasteiger partial charge in [0, 0.05) is 10.2 Å². The third-order valence-electron chi connectivity index (χ3n) is 3.29. The maximum absolute atomic E-state index is 6.08. The van der Waals surface area contributed by atoms with Crippen molar-refractivity contribution in [3.63, 3.8) is 0 Å². The Hall–Kier alpha value is -2.01. The minimum Gasteiger partial charge on any atom is -0.494 e. The third-order valence-corrected chi connectivity index (χ3v) is 4.18. The number of methoxy groups -OCH3 is 1. The van der Waals surface area contributed by atoms with Crippen molar-refractivity contribution in [1.82, 2.24) is 9.55 Å². The Bertz CT molecular complexity index is 795. The number of rotatable bonds is 2. The lowest BCUT2D eigenvalue weighted by atomic mass is 10.2. The number of para-hydroxylation sites is 1. The Morgan fingerprint density at radius 1 is 1.25 bits per heavy atom. The van der Waals surface area contributed by atoms with Gasteiger partial charge in [-0.25, -0.2) is 4.98 Å². The molecule has 0 aliphatic carbocycles. The first-order valence-corrected chi connectivity index (χ1v) is 6.98. The third kappa shape index (κ3) is 1.94. The number of fused-ring (bicyclic) bond motifs is 1. The molecule has 0 fully saturated rings. The molecule has 0 bridgehead atoms. The molecular formula is C15H14BrN3O. The summed E-state index contributed by atoms with van der Waals surface area (Å²) in [6.45, 7) is 2.05. The van der Waals surface area contributed by atoms with Crippen LogP contribution >= 0.6 is 15.9 Å². The van der Waals surface area contributed by atoms with Crippen LogP contribution < -0.4 is 10.5 Å². The van der Waals surface area contributed by atoms with Gasteiger partial charge in [0.15, 0.2) is 0 Å². The van der Waals surface area contributed by atoms with Gasteiger partial charge in [-0.05, 0) is 42.8 Å². The summed E-state index contributed by atoms with van der Waals surface area (Å²) in [5, 5.41) is 0. The van der Waals surface area contributed by atoms with Gasteiger partial charge in [0.1, 0.15) is 11.3 Å². The van der Waals surface area contributed by atoms with Crippen molar-refractivity contribution in [1.29, 1.82) is 0 Å². The van der Waals surface area contributed by atoms with Crippen LogP contribution in [0.1, 0.15) is 5.56 Å². The number of nitrogens with zero attached hydrogens (tertiary/aromatic N) is 2. The quantitative estimate of drug-likeness (QED) is 0.779. The number of nitrogens with two attached hydrogens (primary N) is 1. The van der Waals surface area contributed by atoms with Crippen molar-refractivity contribution >= 4 is 32.9 Å². The number of hydrogen-bond acceptors (Lipinski definition) is 3. The molecule has 0 amide bonds. The van der Waals surface area contributed by atoms with Crippen LogP contribution in [0.3, 0.4) is 0 Å². The maximum atomic E-state index is 6.08. The number of imidazole rings is 1. The highest BCUT2D eigenvalue weighted by atomic mass is 79.9. The first-order chi connectivity index (χ1) is 9.61. The molecule has 2 N–H and O–H groups in total. The van der Waals surface area contributed by atoms with E-state index in [1.165, 1.54) is 0 Å². The Morgan fingerprint density at radius 3 is 2.75 bits per heavy atom. The van der Waals surface area contributed by atoms with Gasteiger partial charge in [0.05, 0.1) is 12.6 Å². The molecule has 0 unspecified atom stereocenters. The molecule has 1 aromatic heterocycles. The molecular weight excluding hydrogens is 318 g/mol. The number of nitrogen functional groups attached to an aromatic ring is 1.